The summed E-state index contributed by atoms with van der Waals surface area (Å²) in [6.07, 6.45) is -0.115. The number of carbonyl (C=O) groups is 1. The van der Waals surface area contributed by atoms with Gasteiger partial charge in [-0.15, -0.1) is 0 Å². The highest BCUT2D eigenvalue weighted by Crippen LogP contribution is 2.31. The summed E-state index contributed by atoms with van der Waals surface area (Å²) in [4.78, 5) is 11.6. The Morgan fingerprint density at radius 1 is 1.05 bits per heavy atom. The molecule has 2 nitrogen and oxygen atoms in total. The maximum absolute atomic E-state index is 13.9. The first-order chi connectivity index (χ1) is 9.45. The average molecular weight is 276 g/mol. The largest absolute Gasteiger partial charge is 0.481 e. The molecule has 2 aromatic carbocycles. The number of carboxylic acids is 1. The zero-order valence-electron chi connectivity index (χ0n) is 10.9. The van der Waals surface area contributed by atoms with Crippen molar-refractivity contribution in [3.63, 3.8) is 0 Å². The Kier molecular flexibility index (Phi) is 3.84. The van der Waals surface area contributed by atoms with Crippen LogP contribution in [-0.2, 0) is 16.6 Å². The minimum atomic E-state index is -1.52. The van der Waals surface area contributed by atoms with Crippen molar-refractivity contribution in [2.45, 2.75) is 18.8 Å². The third kappa shape index (κ3) is 2.54. The molecular formula is C16H14F2O2. The van der Waals surface area contributed by atoms with Gasteiger partial charge in [0.1, 0.15) is 11.6 Å². The van der Waals surface area contributed by atoms with Gasteiger partial charge in [-0.05, 0) is 31.0 Å². The predicted molar refractivity (Wildman–Crippen MR) is 71.5 cm³/mol. The fourth-order valence-electron chi connectivity index (χ4n) is 2.22. The molecule has 0 amide bonds. The quantitative estimate of drug-likeness (QED) is 0.927. The molecule has 4 heteroatoms. The second kappa shape index (κ2) is 5.41. The van der Waals surface area contributed by atoms with Gasteiger partial charge in [0.2, 0.25) is 0 Å². The summed E-state index contributed by atoms with van der Waals surface area (Å²) < 4.78 is 27.6. The number of hydrogen-bond donors (Lipinski definition) is 1. The second-order valence-electron chi connectivity index (χ2n) is 4.89. The topological polar surface area (TPSA) is 37.3 Å². The fraction of sp³-hybridized carbons (Fsp3) is 0.188. The van der Waals surface area contributed by atoms with Crippen LogP contribution in [0.5, 0.6) is 0 Å². The van der Waals surface area contributed by atoms with Gasteiger partial charge < -0.3 is 5.11 Å². The van der Waals surface area contributed by atoms with E-state index in [0.29, 0.717) is 0 Å². The lowest BCUT2D eigenvalue weighted by Crippen LogP contribution is -2.36. The van der Waals surface area contributed by atoms with Crippen LogP contribution in [0.25, 0.3) is 0 Å². The Bertz CT molecular complexity index is 640. The van der Waals surface area contributed by atoms with Gasteiger partial charge >= 0.3 is 5.97 Å². The average Bonchev–Trinajstić information content (AvgIpc) is 2.41. The van der Waals surface area contributed by atoms with Crippen LogP contribution < -0.4 is 0 Å². The molecule has 2 aromatic rings. The smallest absolute Gasteiger partial charge is 0.314 e. The standard InChI is InChI=1S/C16H14F2O2/c1-16(15(19)20,12-7-3-5-9-14(12)18)10-11-6-2-4-8-13(11)17/h2-9H,10H2,1H3,(H,19,20). The van der Waals surface area contributed by atoms with E-state index in [4.69, 9.17) is 0 Å². The number of benzene rings is 2. The van der Waals surface area contributed by atoms with Gasteiger partial charge in [0, 0.05) is 5.56 Å². The lowest BCUT2D eigenvalue weighted by atomic mass is 9.77. The molecule has 0 heterocycles. The zero-order valence-corrected chi connectivity index (χ0v) is 10.9. The van der Waals surface area contributed by atoms with Crippen molar-refractivity contribution >= 4 is 5.97 Å². The molecule has 0 fully saturated rings. The van der Waals surface area contributed by atoms with Gasteiger partial charge in [0.25, 0.3) is 0 Å². The summed E-state index contributed by atoms with van der Waals surface area (Å²) in [6, 6.07) is 11.6. The Morgan fingerprint density at radius 2 is 1.60 bits per heavy atom. The molecule has 0 bridgehead atoms. The van der Waals surface area contributed by atoms with Gasteiger partial charge in [-0.3, -0.25) is 4.79 Å². The Labute approximate surface area is 115 Å². The zero-order chi connectivity index (χ0) is 14.8. The highest BCUT2D eigenvalue weighted by molar-refractivity contribution is 5.81. The molecule has 1 unspecified atom stereocenters. The van der Waals surface area contributed by atoms with Crippen LogP contribution in [0.2, 0.25) is 0 Å². The molecule has 0 aliphatic rings. The van der Waals surface area contributed by atoms with E-state index in [1.807, 2.05) is 0 Å². The Balaban J connectivity index is 2.49. The molecule has 1 N–H and O–H groups in total. The van der Waals surface area contributed by atoms with Crippen LogP contribution in [0, 0.1) is 11.6 Å². The molecule has 0 aromatic heterocycles. The minimum absolute atomic E-state index is 0.0516. The highest BCUT2D eigenvalue weighted by atomic mass is 19.1. The van der Waals surface area contributed by atoms with Crippen molar-refractivity contribution in [3.05, 3.63) is 71.3 Å². The van der Waals surface area contributed by atoms with Crippen molar-refractivity contribution in [2.75, 3.05) is 0 Å². The first-order valence-electron chi connectivity index (χ1n) is 6.17. The molecule has 0 saturated heterocycles. The van der Waals surface area contributed by atoms with E-state index in [1.54, 1.807) is 12.1 Å². The van der Waals surface area contributed by atoms with E-state index in [0.717, 1.165) is 0 Å². The summed E-state index contributed by atoms with van der Waals surface area (Å²) in [5, 5.41) is 9.47. The van der Waals surface area contributed by atoms with Crippen LogP contribution >= 0.6 is 0 Å². The number of carboxylic acid groups (broad SMARTS) is 1. The number of rotatable bonds is 4. The van der Waals surface area contributed by atoms with Crippen molar-refractivity contribution in [1.82, 2.24) is 0 Å². The summed E-state index contributed by atoms with van der Waals surface area (Å²) in [5.41, 5.74) is -1.22. The second-order valence-corrected chi connectivity index (χ2v) is 4.89. The van der Waals surface area contributed by atoms with Crippen LogP contribution in [-0.4, -0.2) is 11.1 Å². The molecule has 0 saturated carbocycles. The first-order valence-corrected chi connectivity index (χ1v) is 6.17. The van der Waals surface area contributed by atoms with E-state index >= 15 is 0 Å². The Morgan fingerprint density at radius 3 is 2.15 bits per heavy atom. The fourth-order valence-corrected chi connectivity index (χ4v) is 2.22. The molecule has 20 heavy (non-hydrogen) atoms. The minimum Gasteiger partial charge on any atom is -0.481 e. The SMILES string of the molecule is CC(Cc1ccccc1F)(C(=O)O)c1ccccc1F. The Hall–Kier alpha value is -2.23. The van der Waals surface area contributed by atoms with Crippen molar-refractivity contribution in [2.24, 2.45) is 0 Å². The van der Waals surface area contributed by atoms with Crippen molar-refractivity contribution < 1.29 is 18.7 Å². The van der Waals surface area contributed by atoms with Gasteiger partial charge in [-0.25, -0.2) is 8.78 Å². The molecule has 0 aliphatic carbocycles. The molecule has 2 rings (SSSR count). The van der Waals surface area contributed by atoms with Crippen LogP contribution in [0.15, 0.2) is 48.5 Å². The lowest BCUT2D eigenvalue weighted by Gasteiger charge is -2.26. The summed E-state index contributed by atoms with van der Waals surface area (Å²) in [6.45, 7) is 1.40. The van der Waals surface area contributed by atoms with Crippen LogP contribution in [0.4, 0.5) is 8.78 Å². The number of hydrogen-bond acceptors (Lipinski definition) is 1. The van der Waals surface area contributed by atoms with Gasteiger partial charge in [-0.1, -0.05) is 36.4 Å². The van der Waals surface area contributed by atoms with E-state index in [1.165, 1.54) is 43.3 Å². The van der Waals surface area contributed by atoms with E-state index < -0.39 is 23.0 Å². The summed E-state index contributed by atoms with van der Waals surface area (Å²) >= 11 is 0. The van der Waals surface area contributed by atoms with Gasteiger partial charge in [0.15, 0.2) is 0 Å². The molecule has 0 aliphatic heterocycles. The predicted octanol–water partition coefficient (Wildman–Crippen LogP) is 3.55. The van der Waals surface area contributed by atoms with E-state index in [-0.39, 0.29) is 17.5 Å². The van der Waals surface area contributed by atoms with Crippen molar-refractivity contribution in [1.29, 1.82) is 0 Å². The maximum atomic E-state index is 13.9. The molecular weight excluding hydrogens is 262 g/mol. The van der Waals surface area contributed by atoms with E-state index in [2.05, 4.69) is 0 Å². The molecule has 0 radical (unpaired) electrons. The molecule has 1 atom stereocenters. The maximum Gasteiger partial charge on any atom is 0.314 e. The van der Waals surface area contributed by atoms with Crippen LogP contribution in [0.3, 0.4) is 0 Å². The normalized spacial score (nSPS) is 13.8. The summed E-state index contributed by atoms with van der Waals surface area (Å²) in [5.74, 6) is -2.28. The molecule has 0 spiro atoms. The highest BCUT2D eigenvalue weighted by Gasteiger charge is 2.38. The lowest BCUT2D eigenvalue weighted by molar-refractivity contribution is -0.143. The monoisotopic (exact) mass is 276 g/mol. The van der Waals surface area contributed by atoms with E-state index in [9.17, 15) is 18.7 Å². The number of halogens is 2. The summed E-state index contributed by atoms with van der Waals surface area (Å²) in [7, 11) is 0. The van der Waals surface area contributed by atoms with Crippen molar-refractivity contribution in [3.8, 4) is 0 Å². The van der Waals surface area contributed by atoms with Crippen LogP contribution in [0.1, 0.15) is 18.1 Å². The third-order valence-electron chi connectivity index (χ3n) is 3.44. The first kappa shape index (κ1) is 14.2. The third-order valence-corrected chi connectivity index (χ3v) is 3.44. The molecule has 104 valence electrons. The number of aliphatic carboxylic acids is 1. The van der Waals surface area contributed by atoms with Gasteiger partial charge in [0.05, 0.1) is 5.41 Å². The van der Waals surface area contributed by atoms with Gasteiger partial charge in [-0.2, -0.15) is 0 Å².